The van der Waals surface area contributed by atoms with Crippen molar-refractivity contribution in [2.45, 2.75) is 13.0 Å². The zero-order valence-electron chi connectivity index (χ0n) is 10.6. The van der Waals surface area contributed by atoms with Gasteiger partial charge >= 0.3 is 5.97 Å². The molecule has 2 aromatic rings. The number of fused-ring (bicyclic) bond motifs is 1. The Bertz CT molecular complexity index is 677. The van der Waals surface area contributed by atoms with Crippen molar-refractivity contribution in [2.24, 2.45) is 0 Å². The Morgan fingerprint density at radius 1 is 1.26 bits per heavy atom. The van der Waals surface area contributed by atoms with Crippen LogP contribution < -0.4 is 0 Å². The van der Waals surface area contributed by atoms with Crippen LogP contribution in [-0.2, 0) is 9.53 Å². The fourth-order valence-electron chi connectivity index (χ4n) is 2.03. The van der Waals surface area contributed by atoms with Crippen molar-refractivity contribution in [3.05, 3.63) is 60.2 Å². The highest BCUT2D eigenvalue weighted by molar-refractivity contribution is 5.86. The lowest BCUT2D eigenvalue weighted by molar-refractivity contribution is -0.144. The van der Waals surface area contributed by atoms with Gasteiger partial charge in [-0.2, -0.15) is 5.26 Å². The first-order chi connectivity index (χ1) is 9.13. The molecular weight excluding hydrogens is 238 g/mol. The van der Waals surface area contributed by atoms with Gasteiger partial charge in [0.1, 0.15) is 0 Å². The maximum absolute atomic E-state index is 11.2. The van der Waals surface area contributed by atoms with Gasteiger partial charge in [0, 0.05) is 12.5 Å². The molecule has 1 unspecified atom stereocenters. The Morgan fingerprint density at radius 2 is 1.95 bits per heavy atom. The van der Waals surface area contributed by atoms with Crippen molar-refractivity contribution in [3.8, 4) is 6.07 Å². The van der Waals surface area contributed by atoms with Crippen molar-refractivity contribution in [2.75, 3.05) is 0 Å². The van der Waals surface area contributed by atoms with Crippen molar-refractivity contribution in [1.82, 2.24) is 0 Å². The van der Waals surface area contributed by atoms with E-state index in [0.29, 0.717) is 0 Å². The zero-order chi connectivity index (χ0) is 13.8. The summed E-state index contributed by atoms with van der Waals surface area (Å²) in [6.45, 7) is 4.99. The van der Waals surface area contributed by atoms with Gasteiger partial charge in [0.25, 0.3) is 0 Å². The molecule has 0 fully saturated rings. The number of benzene rings is 2. The standard InChI is InChI=1S/C16H13NO2/c1-11(10-17)16(19-12(2)18)15-9-5-7-13-6-3-4-8-14(13)15/h3-9,16H,1H2,2H3. The van der Waals surface area contributed by atoms with Gasteiger partial charge in [-0.1, -0.05) is 49.0 Å². The van der Waals surface area contributed by atoms with Crippen molar-refractivity contribution >= 4 is 16.7 Å². The molecule has 0 aromatic heterocycles. The normalized spacial score (nSPS) is 11.6. The highest BCUT2D eigenvalue weighted by Gasteiger charge is 2.20. The Labute approximate surface area is 111 Å². The molecule has 1 atom stereocenters. The van der Waals surface area contributed by atoms with Crippen LogP contribution in [0.15, 0.2) is 54.6 Å². The molecule has 2 rings (SSSR count). The maximum Gasteiger partial charge on any atom is 0.303 e. The molecule has 0 spiro atoms. The Hall–Kier alpha value is -2.60. The van der Waals surface area contributed by atoms with E-state index in [9.17, 15) is 4.79 Å². The van der Waals surface area contributed by atoms with Crippen molar-refractivity contribution in [1.29, 1.82) is 5.26 Å². The highest BCUT2D eigenvalue weighted by atomic mass is 16.5. The monoisotopic (exact) mass is 251 g/mol. The summed E-state index contributed by atoms with van der Waals surface area (Å²) < 4.78 is 5.24. The van der Waals surface area contributed by atoms with E-state index >= 15 is 0 Å². The zero-order valence-corrected chi connectivity index (χ0v) is 10.6. The fraction of sp³-hybridized carbons (Fsp3) is 0.125. The first-order valence-electron chi connectivity index (χ1n) is 5.87. The van der Waals surface area contributed by atoms with Gasteiger partial charge in [-0.05, 0) is 10.8 Å². The third kappa shape index (κ3) is 2.63. The smallest absolute Gasteiger partial charge is 0.303 e. The van der Waals surface area contributed by atoms with E-state index in [1.807, 2.05) is 48.5 Å². The van der Waals surface area contributed by atoms with E-state index < -0.39 is 12.1 Å². The average molecular weight is 251 g/mol. The van der Waals surface area contributed by atoms with Gasteiger partial charge in [0.05, 0.1) is 11.6 Å². The van der Waals surface area contributed by atoms with Crippen LogP contribution in [0.3, 0.4) is 0 Å². The Balaban J connectivity index is 2.59. The van der Waals surface area contributed by atoms with E-state index in [-0.39, 0.29) is 5.57 Å². The van der Waals surface area contributed by atoms with Crippen LogP contribution in [0.2, 0.25) is 0 Å². The van der Waals surface area contributed by atoms with Gasteiger partial charge in [0.2, 0.25) is 0 Å². The number of nitriles is 1. The number of carbonyl (C=O) groups is 1. The average Bonchev–Trinajstić information content (AvgIpc) is 2.43. The fourth-order valence-corrected chi connectivity index (χ4v) is 2.03. The summed E-state index contributed by atoms with van der Waals surface area (Å²) in [6, 6.07) is 15.4. The second-order valence-electron chi connectivity index (χ2n) is 4.19. The van der Waals surface area contributed by atoms with Crippen LogP contribution >= 0.6 is 0 Å². The molecule has 3 nitrogen and oxygen atoms in total. The summed E-state index contributed by atoms with van der Waals surface area (Å²) >= 11 is 0. The number of carbonyl (C=O) groups excluding carboxylic acids is 1. The van der Waals surface area contributed by atoms with E-state index in [1.165, 1.54) is 6.92 Å². The van der Waals surface area contributed by atoms with Crippen LogP contribution in [0.25, 0.3) is 10.8 Å². The number of rotatable bonds is 3. The lowest BCUT2D eigenvalue weighted by Crippen LogP contribution is -2.10. The molecule has 2 aromatic carbocycles. The predicted octanol–water partition coefficient (Wildman–Crippen LogP) is 3.52. The molecular formula is C16H13NO2. The molecule has 0 aliphatic rings. The van der Waals surface area contributed by atoms with Gasteiger partial charge in [-0.3, -0.25) is 4.79 Å². The van der Waals surface area contributed by atoms with Gasteiger partial charge < -0.3 is 4.74 Å². The third-order valence-electron chi connectivity index (χ3n) is 2.85. The van der Waals surface area contributed by atoms with Crippen LogP contribution in [0.5, 0.6) is 0 Å². The minimum absolute atomic E-state index is 0.214. The van der Waals surface area contributed by atoms with E-state index in [0.717, 1.165) is 16.3 Å². The molecule has 0 heterocycles. The summed E-state index contributed by atoms with van der Waals surface area (Å²) in [6.07, 6.45) is -0.728. The van der Waals surface area contributed by atoms with E-state index in [2.05, 4.69) is 6.58 Å². The quantitative estimate of drug-likeness (QED) is 0.619. The molecule has 0 amide bonds. The summed E-state index contributed by atoms with van der Waals surface area (Å²) in [5.74, 6) is -0.436. The van der Waals surface area contributed by atoms with Crippen LogP contribution in [0, 0.1) is 11.3 Å². The molecule has 0 N–H and O–H groups in total. The van der Waals surface area contributed by atoms with Gasteiger partial charge in [-0.25, -0.2) is 0 Å². The molecule has 0 aliphatic carbocycles. The SMILES string of the molecule is C=C(C#N)C(OC(C)=O)c1cccc2ccccc12. The second-order valence-corrected chi connectivity index (χ2v) is 4.19. The van der Waals surface area contributed by atoms with E-state index in [1.54, 1.807) is 0 Å². The van der Waals surface area contributed by atoms with Crippen LogP contribution in [-0.4, -0.2) is 5.97 Å². The largest absolute Gasteiger partial charge is 0.452 e. The van der Waals surface area contributed by atoms with Crippen molar-refractivity contribution < 1.29 is 9.53 Å². The molecule has 0 saturated heterocycles. The minimum atomic E-state index is -0.728. The molecule has 0 bridgehead atoms. The molecule has 19 heavy (non-hydrogen) atoms. The van der Waals surface area contributed by atoms with E-state index in [4.69, 9.17) is 10.00 Å². The topological polar surface area (TPSA) is 50.1 Å². The number of hydrogen-bond donors (Lipinski definition) is 0. The number of ether oxygens (including phenoxy) is 1. The Kier molecular flexibility index (Phi) is 3.63. The summed E-state index contributed by atoms with van der Waals surface area (Å²) in [4.78, 5) is 11.2. The minimum Gasteiger partial charge on any atom is -0.452 e. The van der Waals surface area contributed by atoms with Crippen LogP contribution in [0.4, 0.5) is 0 Å². The summed E-state index contributed by atoms with van der Waals surface area (Å²) in [7, 11) is 0. The third-order valence-corrected chi connectivity index (χ3v) is 2.85. The van der Waals surface area contributed by atoms with Gasteiger partial charge in [0.15, 0.2) is 6.10 Å². The number of esters is 1. The predicted molar refractivity (Wildman–Crippen MR) is 73.2 cm³/mol. The van der Waals surface area contributed by atoms with Gasteiger partial charge in [-0.15, -0.1) is 0 Å². The van der Waals surface area contributed by atoms with Crippen molar-refractivity contribution in [3.63, 3.8) is 0 Å². The highest BCUT2D eigenvalue weighted by Crippen LogP contribution is 2.30. The number of nitrogens with zero attached hydrogens (tertiary/aromatic N) is 1. The molecule has 0 aliphatic heterocycles. The summed E-state index contributed by atoms with van der Waals surface area (Å²) in [5, 5.41) is 11.0. The summed E-state index contributed by atoms with van der Waals surface area (Å²) in [5.41, 5.74) is 0.992. The molecule has 0 radical (unpaired) electrons. The first-order valence-corrected chi connectivity index (χ1v) is 5.87. The maximum atomic E-state index is 11.2. The second kappa shape index (κ2) is 5.36. The lowest BCUT2D eigenvalue weighted by atomic mass is 9.97. The Morgan fingerprint density at radius 3 is 2.63 bits per heavy atom. The number of hydrogen-bond acceptors (Lipinski definition) is 3. The molecule has 94 valence electrons. The molecule has 0 saturated carbocycles. The lowest BCUT2D eigenvalue weighted by Gasteiger charge is -2.17. The first kappa shape index (κ1) is 12.8. The van der Waals surface area contributed by atoms with Crippen LogP contribution in [0.1, 0.15) is 18.6 Å². The molecule has 3 heteroatoms.